The van der Waals surface area contributed by atoms with Crippen LogP contribution in [0.1, 0.15) is 24.1 Å². The molecule has 1 unspecified atom stereocenters. The molecule has 2 rings (SSSR count). The first-order valence-electron chi connectivity index (χ1n) is 6.86. The van der Waals surface area contributed by atoms with Crippen LogP contribution in [0.3, 0.4) is 0 Å². The highest BCUT2D eigenvalue weighted by Crippen LogP contribution is 2.25. The van der Waals surface area contributed by atoms with Crippen molar-refractivity contribution in [1.82, 2.24) is 5.32 Å². The number of benzene rings is 2. The van der Waals surface area contributed by atoms with E-state index in [9.17, 15) is 0 Å². The molecule has 0 saturated carbocycles. The monoisotopic (exact) mass is 305 g/mol. The summed E-state index contributed by atoms with van der Waals surface area (Å²) in [5, 5.41) is 3.93. The van der Waals surface area contributed by atoms with Gasteiger partial charge in [-0.1, -0.05) is 17.7 Å². The van der Waals surface area contributed by atoms with Crippen molar-refractivity contribution < 1.29 is 9.47 Å². The number of hydrogen-bond donors (Lipinski definition) is 1. The van der Waals surface area contributed by atoms with Crippen LogP contribution in [0.2, 0.25) is 5.02 Å². The summed E-state index contributed by atoms with van der Waals surface area (Å²) in [4.78, 5) is 0. The molecule has 1 N–H and O–H groups in total. The Morgan fingerprint density at radius 3 is 2.48 bits per heavy atom. The summed E-state index contributed by atoms with van der Waals surface area (Å²) in [5.41, 5.74) is 2.22. The van der Waals surface area contributed by atoms with Crippen molar-refractivity contribution in [2.24, 2.45) is 0 Å². The number of rotatable bonds is 6. The van der Waals surface area contributed by atoms with Crippen LogP contribution < -0.4 is 14.8 Å². The van der Waals surface area contributed by atoms with Crippen molar-refractivity contribution >= 4 is 11.6 Å². The lowest BCUT2D eigenvalue weighted by Crippen LogP contribution is -2.13. The largest absolute Gasteiger partial charge is 0.496 e. The van der Waals surface area contributed by atoms with Gasteiger partial charge in [-0.05, 0) is 55.9 Å². The molecular weight excluding hydrogens is 286 g/mol. The summed E-state index contributed by atoms with van der Waals surface area (Å²) in [7, 11) is 3.61. The Morgan fingerprint density at radius 1 is 1.14 bits per heavy atom. The van der Waals surface area contributed by atoms with Crippen molar-refractivity contribution in [3.05, 3.63) is 58.6 Å². The van der Waals surface area contributed by atoms with Crippen LogP contribution in [0.5, 0.6) is 11.5 Å². The molecule has 0 aliphatic rings. The van der Waals surface area contributed by atoms with Crippen LogP contribution >= 0.6 is 11.6 Å². The Morgan fingerprint density at radius 2 is 1.86 bits per heavy atom. The van der Waals surface area contributed by atoms with Gasteiger partial charge in [0.2, 0.25) is 0 Å². The standard InChI is InChI=1S/C17H20ClNO2/c1-12(19-2)13-4-9-17(20-3)14(10-13)11-21-16-7-5-15(18)6-8-16/h4-10,12,19H,11H2,1-3H3. The first-order valence-corrected chi connectivity index (χ1v) is 7.24. The number of hydrogen-bond acceptors (Lipinski definition) is 3. The fourth-order valence-electron chi connectivity index (χ4n) is 2.04. The molecule has 1 atom stereocenters. The minimum absolute atomic E-state index is 0.283. The maximum Gasteiger partial charge on any atom is 0.125 e. The van der Waals surface area contributed by atoms with Crippen LogP contribution in [0.4, 0.5) is 0 Å². The van der Waals surface area contributed by atoms with E-state index in [1.54, 1.807) is 7.11 Å². The lowest BCUT2D eigenvalue weighted by atomic mass is 10.0. The third-order valence-corrected chi connectivity index (χ3v) is 3.70. The molecule has 2 aromatic carbocycles. The normalized spacial score (nSPS) is 12.0. The fraction of sp³-hybridized carbons (Fsp3) is 0.294. The van der Waals surface area contributed by atoms with Crippen molar-refractivity contribution in [2.75, 3.05) is 14.2 Å². The summed E-state index contributed by atoms with van der Waals surface area (Å²) >= 11 is 5.87. The van der Waals surface area contributed by atoms with E-state index >= 15 is 0 Å². The summed E-state index contributed by atoms with van der Waals surface area (Å²) in [6.07, 6.45) is 0. The van der Waals surface area contributed by atoms with E-state index in [0.29, 0.717) is 11.6 Å². The van der Waals surface area contributed by atoms with E-state index < -0.39 is 0 Å². The zero-order valence-electron chi connectivity index (χ0n) is 12.5. The molecule has 0 bridgehead atoms. The van der Waals surface area contributed by atoms with Gasteiger partial charge >= 0.3 is 0 Å². The second-order valence-corrected chi connectivity index (χ2v) is 5.26. The van der Waals surface area contributed by atoms with E-state index in [1.165, 1.54) is 5.56 Å². The number of nitrogens with one attached hydrogen (secondary N) is 1. The van der Waals surface area contributed by atoms with Gasteiger partial charge in [0.1, 0.15) is 18.1 Å². The summed E-state index contributed by atoms with van der Waals surface area (Å²) in [6.45, 7) is 2.57. The summed E-state index contributed by atoms with van der Waals surface area (Å²) in [6, 6.07) is 13.8. The van der Waals surface area contributed by atoms with E-state index in [0.717, 1.165) is 17.1 Å². The SMILES string of the molecule is CNC(C)c1ccc(OC)c(COc2ccc(Cl)cc2)c1. The number of halogens is 1. The van der Waals surface area contributed by atoms with Gasteiger partial charge in [-0.25, -0.2) is 0 Å². The molecule has 0 amide bonds. The number of methoxy groups -OCH3 is 1. The molecule has 0 aliphatic carbocycles. The van der Waals surface area contributed by atoms with Gasteiger partial charge in [0.15, 0.2) is 0 Å². The Bertz CT molecular complexity index is 584. The fourth-order valence-corrected chi connectivity index (χ4v) is 2.17. The van der Waals surface area contributed by atoms with Crippen LogP contribution in [0.15, 0.2) is 42.5 Å². The highest BCUT2D eigenvalue weighted by atomic mass is 35.5. The minimum atomic E-state index is 0.283. The van der Waals surface area contributed by atoms with Crippen LogP contribution in [0.25, 0.3) is 0 Å². The predicted molar refractivity (Wildman–Crippen MR) is 86.3 cm³/mol. The molecule has 0 aliphatic heterocycles. The van der Waals surface area contributed by atoms with E-state index in [4.69, 9.17) is 21.1 Å². The van der Waals surface area contributed by atoms with Crippen LogP contribution in [-0.4, -0.2) is 14.2 Å². The molecular formula is C17H20ClNO2. The van der Waals surface area contributed by atoms with Gasteiger partial charge in [0, 0.05) is 16.6 Å². The molecule has 0 heterocycles. The molecule has 2 aromatic rings. The molecule has 0 radical (unpaired) electrons. The van der Waals surface area contributed by atoms with Crippen molar-refractivity contribution in [1.29, 1.82) is 0 Å². The van der Waals surface area contributed by atoms with Crippen LogP contribution in [0, 0.1) is 0 Å². The first-order chi connectivity index (χ1) is 10.1. The molecule has 0 aromatic heterocycles. The Balaban J connectivity index is 2.15. The third kappa shape index (κ3) is 4.13. The summed E-state index contributed by atoms with van der Waals surface area (Å²) < 4.78 is 11.2. The second-order valence-electron chi connectivity index (χ2n) is 4.82. The van der Waals surface area contributed by atoms with Gasteiger partial charge in [-0.15, -0.1) is 0 Å². The summed E-state index contributed by atoms with van der Waals surface area (Å²) in [5.74, 6) is 1.62. The molecule has 0 spiro atoms. The van der Waals surface area contributed by atoms with Crippen molar-refractivity contribution in [3.8, 4) is 11.5 Å². The lowest BCUT2D eigenvalue weighted by molar-refractivity contribution is 0.296. The van der Waals surface area contributed by atoms with Gasteiger partial charge in [-0.2, -0.15) is 0 Å². The van der Waals surface area contributed by atoms with Crippen LogP contribution in [-0.2, 0) is 6.61 Å². The number of ether oxygens (including phenoxy) is 2. The van der Waals surface area contributed by atoms with E-state index in [2.05, 4.69) is 24.4 Å². The van der Waals surface area contributed by atoms with E-state index in [1.807, 2.05) is 37.4 Å². The van der Waals surface area contributed by atoms with E-state index in [-0.39, 0.29) is 6.04 Å². The maximum atomic E-state index is 5.87. The van der Waals surface area contributed by atoms with Crippen molar-refractivity contribution in [2.45, 2.75) is 19.6 Å². The van der Waals surface area contributed by atoms with Gasteiger partial charge < -0.3 is 14.8 Å². The highest BCUT2D eigenvalue weighted by Gasteiger charge is 2.09. The first kappa shape index (κ1) is 15.7. The maximum absolute atomic E-state index is 5.87. The third-order valence-electron chi connectivity index (χ3n) is 3.45. The molecule has 0 saturated heterocycles. The lowest BCUT2D eigenvalue weighted by Gasteiger charge is -2.15. The molecule has 3 nitrogen and oxygen atoms in total. The predicted octanol–water partition coefficient (Wildman–Crippen LogP) is 4.21. The second kappa shape index (κ2) is 7.34. The average Bonchev–Trinajstić information content (AvgIpc) is 2.53. The van der Waals surface area contributed by atoms with Gasteiger partial charge in [0.05, 0.1) is 7.11 Å². The Hall–Kier alpha value is -1.71. The zero-order valence-corrected chi connectivity index (χ0v) is 13.3. The smallest absolute Gasteiger partial charge is 0.125 e. The average molecular weight is 306 g/mol. The van der Waals surface area contributed by atoms with Crippen molar-refractivity contribution in [3.63, 3.8) is 0 Å². The Labute approximate surface area is 130 Å². The minimum Gasteiger partial charge on any atom is -0.496 e. The van der Waals surface area contributed by atoms with Gasteiger partial charge in [-0.3, -0.25) is 0 Å². The molecule has 21 heavy (non-hydrogen) atoms. The molecule has 4 heteroatoms. The Kier molecular flexibility index (Phi) is 5.48. The topological polar surface area (TPSA) is 30.5 Å². The quantitative estimate of drug-likeness (QED) is 0.867. The molecule has 0 fully saturated rings. The highest BCUT2D eigenvalue weighted by molar-refractivity contribution is 6.30. The molecule has 112 valence electrons. The zero-order chi connectivity index (χ0) is 15.2. The van der Waals surface area contributed by atoms with Gasteiger partial charge in [0.25, 0.3) is 0 Å².